The van der Waals surface area contributed by atoms with Gasteiger partial charge in [-0.3, -0.25) is 9.69 Å². The van der Waals surface area contributed by atoms with E-state index < -0.39 is 17.8 Å². The molecule has 1 fully saturated rings. The molecule has 1 aliphatic rings. The van der Waals surface area contributed by atoms with Crippen molar-refractivity contribution in [2.45, 2.75) is 26.1 Å². The first-order valence-electron chi connectivity index (χ1n) is 10.2. The molecule has 30 heavy (non-hydrogen) atoms. The van der Waals surface area contributed by atoms with Gasteiger partial charge in [-0.1, -0.05) is 12.1 Å². The van der Waals surface area contributed by atoms with E-state index in [9.17, 15) is 14.3 Å². The van der Waals surface area contributed by atoms with Crippen LogP contribution in [0.2, 0.25) is 0 Å². The number of ether oxygens (including phenoxy) is 1. The van der Waals surface area contributed by atoms with Gasteiger partial charge in [0, 0.05) is 32.7 Å². The van der Waals surface area contributed by atoms with Gasteiger partial charge in [0.05, 0.1) is 36.3 Å². The van der Waals surface area contributed by atoms with Crippen molar-refractivity contribution in [3.05, 3.63) is 54.0 Å². The summed E-state index contributed by atoms with van der Waals surface area (Å²) >= 11 is 0. The summed E-state index contributed by atoms with van der Waals surface area (Å²) in [5, 5.41) is 12.8. The van der Waals surface area contributed by atoms with Crippen LogP contribution < -0.4 is 10.2 Å². The third-order valence-corrected chi connectivity index (χ3v) is 4.91. The van der Waals surface area contributed by atoms with Crippen LogP contribution in [-0.4, -0.2) is 72.4 Å². The summed E-state index contributed by atoms with van der Waals surface area (Å²) in [5.74, 6) is -0.239. The van der Waals surface area contributed by atoms with Gasteiger partial charge >= 0.3 is 0 Å². The summed E-state index contributed by atoms with van der Waals surface area (Å²) in [5.41, 5.74) is 0.512. The number of nitrogens with zero attached hydrogens (tertiary/aromatic N) is 3. The fourth-order valence-electron chi connectivity index (χ4n) is 3.30. The Morgan fingerprint density at radius 1 is 1.20 bits per heavy atom. The second-order valence-corrected chi connectivity index (χ2v) is 7.66. The molecule has 2 aromatic rings. The topological polar surface area (TPSA) is 77.9 Å². The van der Waals surface area contributed by atoms with Crippen LogP contribution >= 0.6 is 0 Å². The van der Waals surface area contributed by atoms with Gasteiger partial charge in [-0.2, -0.15) is 0 Å². The molecule has 7 nitrogen and oxygen atoms in total. The van der Waals surface area contributed by atoms with Crippen LogP contribution in [0, 0.1) is 5.82 Å². The molecule has 0 spiro atoms. The van der Waals surface area contributed by atoms with Crippen molar-refractivity contribution in [3.8, 4) is 0 Å². The van der Waals surface area contributed by atoms with Crippen molar-refractivity contribution < 1.29 is 19.0 Å². The highest BCUT2D eigenvalue weighted by molar-refractivity contribution is 6.04. The van der Waals surface area contributed by atoms with Crippen molar-refractivity contribution in [1.29, 1.82) is 0 Å². The molecule has 1 aromatic carbocycles. The number of hydrogen-bond donors (Lipinski definition) is 2. The molecule has 1 atom stereocenters. The molecule has 1 aromatic heterocycles. The SMILES string of the molecule is CC(C)OCC(O)CN1CCN(c2ccc(NC(=O)c3ccccc3F)cn2)CC1. The minimum absolute atomic E-state index is 0.00122. The maximum atomic E-state index is 13.7. The van der Waals surface area contributed by atoms with Gasteiger partial charge in [0.15, 0.2) is 0 Å². The zero-order valence-electron chi connectivity index (χ0n) is 17.4. The van der Waals surface area contributed by atoms with E-state index in [1.165, 1.54) is 12.1 Å². The third-order valence-electron chi connectivity index (χ3n) is 4.91. The van der Waals surface area contributed by atoms with Gasteiger partial charge < -0.3 is 20.1 Å². The van der Waals surface area contributed by atoms with Crippen molar-refractivity contribution in [3.63, 3.8) is 0 Å². The first-order valence-corrected chi connectivity index (χ1v) is 10.2. The van der Waals surface area contributed by atoms with E-state index in [0.29, 0.717) is 18.8 Å². The number of halogens is 1. The van der Waals surface area contributed by atoms with Crippen LogP contribution in [0.4, 0.5) is 15.9 Å². The number of rotatable bonds is 8. The third kappa shape index (κ3) is 6.22. The molecular formula is C22H29FN4O3. The fraction of sp³-hybridized carbons (Fsp3) is 0.455. The van der Waals surface area contributed by atoms with Gasteiger partial charge in [0.25, 0.3) is 5.91 Å². The minimum Gasteiger partial charge on any atom is -0.389 e. The monoisotopic (exact) mass is 416 g/mol. The molecule has 0 aliphatic carbocycles. The highest BCUT2D eigenvalue weighted by atomic mass is 19.1. The highest BCUT2D eigenvalue weighted by Crippen LogP contribution is 2.17. The highest BCUT2D eigenvalue weighted by Gasteiger charge is 2.20. The molecule has 3 rings (SSSR count). The number of carbonyl (C=O) groups excluding carboxylic acids is 1. The molecule has 1 aliphatic heterocycles. The molecule has 1 unspecified atom stereocenters. The van der Waals surface area contributed by atoms with Crippen molar-refractivity contribution >= 4 is 17.4 Å². The largest absolute Gasteiger partial charge is 0.389 e. The number of carbonyl (C=O) groups is 1. The first-order chi connectivity index (χ1) is 14.4. The number of aliphatic hydroxyl groups is 1. The quantitative estimate of drug-likeness (QED) is 0.688. The van der Waals surface area contributed by atoms with Gasteiger partial charge in [0.2, 0.25) is 0 Å². The summed E-state index contributed by atoms with van der Waals surface area (Å²) in [6.45, 7) is 8.09. The van der Waals surface area contributed by atoms with E-state index >= 15 is 0 Å². The van der Waals surface area contributed by atoms with Gasteiger partial charge in [-0.05, 0) is 38.1 Å². The molecular weight excluding hydrogens is 387 g/mol. The molecule has 0 saturated carbocycles. The fourth-order valence-corrected chi connectivity index (χ4v) is 3.30. The van der Waals surface area contributed by atoms with Gasteiger partial charge in [-0.15, -0.1) is 0 Å². The molecule has 2 heterocycles. The number of β-amino-alcohol motifs (C(OH)–C–C–N with tert-alkyl or cyclic N) is 1. The Balaban J connectivity index is 1.48. The minimum atomic E-state index is -0.557. The normalized spacial score (nSPS) is 16.0. The van der Waals surface area contributed by atoms with Crippen molar-refractivity contribution in [2.24, 2.45) is 0 Å². The van der Waals surface area contributed by atoms with E-state index in [1.54, 1.807) is 24.4 Å². The molecule has 8 heteroatoms. The summed E-state index contributed by atoms with van der Waals surface area (Å²) < 4.78 is 19.2. The predicted molar refractivity (Wildman–Crippen MR) is 114 cm³/mol. The van der Waals surface area contributed by atoms with Gasteiger partial charge in [0.1, 0.15) is 11.6 Å². The molecule has 1 saturated heterocycles. The van der Waals surface area contributed by atoms with Crippen molar-refractivity contribution in [2.75, 3.05) is 49.5 Å². The predicted octanol–water partition coefficient (Wildman–Crippen LogP) is 2.38. The Bertz CT molecular complexity index is 823. The number of pyridine rings is 1. The maximum absolute atomic E-state index is 13.7. The summed E-state index contributed by atoms with van der Waals surface area (Å²) in [6, 6.07) is 9.47. The average Bonchev–Trinajstić information content (AvgIpc) is 2.74. The molecule has 0 radical (unpaired) electrons. The average molecular weight is 416 g/mol. The van der Waals surface area contributed by atoms with E-state index in [2.05, 4.69) is 20.1 Å². The number of aromatic nitrogens is 1. The second-order valence-electron chi connectivity index (χ2n) is 7.66. The first kappa shape index (κ1) is 22.1. The van der Waals surface area contributed by atoms with E-state index in [4.69, 9.17) is 4.74 Å². The lowest BCUT2D eigenvalue weighted by atomic mass is 10.2. The molecule has 1 amide bonds. The van der Waals surface area contributed by atoms with Crippen LogP contribution in [-0.2, 0) is 4.74 Å². The lowest BCUT2D eigenvalue weighted by Gasteiger charge is -2.36. The summed E-state index contributed by atoms with van der Waals surface area (Å²) in [7, 11) is 0. The number of benzene rings is 1. The van der Waals surface area contributed by atoms with Crippen molar-refractivity contribution in [1.82, 2.24) is 9.88 Å². The number of anilines is 2. The zero-order valence-corrected chi connectivity index (χ0v) is 17.4. The number of piperazine rings is 1. The standard InChI is InChI=1S/C22H29FN4O3/c1-16(2)30-15-18(28)14-26-9-11-27(12-10-26)21-8-7-17(13-24-21)25-22(29)19-5-3-4-6-20(19)23/h3-8,13,16,18,28H,9-12,14-15H2,1-2H3,(H,25,29). The van der Waals surface area contributed by atoms with E-state index in [-0.39, 0.29) is 11.7 Å². The summed E-state index contributed by atoms with van der Waals surface area (Å²) in [4.78, 5) is 21.0. The Morgan fingerprint density at radius 3 is 2.57 bits per heavy atom. The van der Waals surface area contributed by atoms with Crippen LogP contribution in [0.25, 0.3) is 0 Å². The summed E-state index contributed by atoms with van der Waals surface area (Å²) in [6.07, 6.45) is 1.20. The lowest BCUT2D eigenvalue weighted by Crippen LogP contribution is -2.49. The Labute approximate surface area is 176 Å². The maximum Gasteiger partial charge on any atom is 0.258 e. The molecule has 2 N–H and O–H groups in total. The van der Waals surface area contributed by atoms with Crippen LogP contribution in [0.3, 0.4) is 0 Å². The number of amides is 1. The smallest absolute Gasteiger partial charge is 0.258 e. The number of aliphatic hydroxyl groups excluding tert-OH is 1. The van der Waals surface area contributed by atoms with E-state index in [1.807, 2.05) is 19.9 Å². The van der Waals surface area contributed by atoms with Crippen LogP contribution in [0.5, 0.6) is 0 Å². The van der Waals surface area contributed by atoms with Gasteiger partial charge in [-0.25, -0.2) is 9.37 Å². The Morgan fingerprint density at radius 2 is 1.93 bits per heavy atom. The number of hydrogen-bond acceptors (Lipinski definition) is 6. The zero-order chi connectivity index (χ0) is 21.5. The molecule has 0 bridgehead atoms. The second kappa shape index (κ2) is 10.5. The van der Waals surface area contributed by atoms with Crippen LogP contribution in [0.15, 0.2) is 42.6 Å². The number of nitrogens with one attached hydrogen (secondary N) is 1. The lowest BCUT2D eigenvalue weighted by molar-refractivity contribution is -0.00900. The Hall–Kier alpha value is -2.55. The van der Waals surface area contributed by atoms with Crippen LogP contribution in [0.1, 0.15) is 24.2 Å². The Kier molecular flexibility index (Phi) is 7.73. The molecule has 162 valence electrons. The van der Waals surface area contributed by atoms with E-state index in [0.717, 1.165) is 32.0 Å².